The van der Waals surface area contributed by atoms with E-state index in [0.717, 1.165) is 36.0 Å². The maximum Gasteiger partial charge on any atom is 0.391 e. The predicted octanol–water partition coefficient (Wildman–Crippen LogP) is 6.07. The number of alkyl halides is 3. The van der Waals surface area contributed by atoms with Crippen LogP contribution in [0.3, 0.4) is 0 Å². The van der Waals surface area contributed by atoms with Crippen molar-refractivity contribution in [2.45, 2.75) is 56.2 Å². The summed E-state index contributed by atoms with van der Waals surface area (Å²) in [5.74, 6) is 0.709. The van der Waals surface area contributed by atoms with Crippen LogP contribution >= 0.6 is 0 Å². The topological polar surface area (TPSA) is 21.6 Å². The van der Waals surface area contributed by atoms with E-state index in [9.17, 15) is 13.2 Å². The van der Waals surface area contributed by atoms with E-state index in [2.05, 4.69) is 0 Å². The van der Waals surface area contributed by atoms with Gasteiger partial charge in [-0.3, -0.25) is 4.99 Å². The first-order valence-electron chi connectivity index (χ1n) is 9.69. The summed E-state index contributed by atoms with van der Waals surface area (Å²) in [6, 6.07) is 15.2. The van der Waals surface area contributed by atoms with Crippen LogP contribution in [0, 0.1) is 0 Å². The summed E-state index contributed by atoms with van der Waals surface area (Å²) in [6.07, 6.45) is -2.27. The van der Waals surface area contributed by atoms with E-state index in [1.807, 2.05) is 55.5 Å². The summed E-state index contributed by atoms with van der Waals surface area (Å²) in [6.45, 7) is 1.98. The van der Waals surface area contributed by atoms with Gasteiger partial charge < -0.3 is 4.74 Å². The average molecular weight is 387 g/mol. The van der Waals surface area contributed by atoms with Gasteiger partial charge in [-0.15, -0.1) is 0 Å². The minimum atomic E-state index is -4.26. The van der Waals surface area contributed by atoms with E-state index in [4.69, 9.17) is 9.73 Å². The van der Waals surface area contributed by atoms with E-state index in [1.54, 1.807) is 7.11 Å². The van der Waals surface area contributed by atoms with Gasteiger partial charge >= 0.3 is 6.18 Å². The fourth-order valence-electron chi connectivity index (χ4n) is 5.04. The predicted molar refractivity (Wildman–Crippen MR) is 104 cm³/mol. The summed E-state index contributed by atoms with van der Waals surface area (Å²) >= 11 is 0. The Morgan fingerprint density at radius 2 is 1.68 bits per heavy atom. The van der Waals surface area contributed by atoms with Crippen molar-refractivity contribution in [3.05, 3.63) is 65.2 Å². The third kappa shape index (κ3) is 3.01. The molecule has 2 aromatic carbocycles. The Morgan fingerprint density at radius 3 is 2.36 bits per heavy atom. The Hall–Kier alpha value is -2.30. The van der Waals surface area contributed by atoms with E-state index < -0.39 is 23.6 Å². The Kier molecular flexibility index (Phi) is 4.52. The average Bonchev–Trinajstić information content (AvgIpc) is 2.67. The smallest absolute Gasteiger partial charge is 0.391 e. The molecular formula is C23H24F3NO. The molecule has 0 N–H and O–H groups in total. The molecule has 2 nitrogen and oxygen atoms in total. The van der Waals surface area contributed by atoms with E-state index in [-0.39, 0.29) is 0 Å². The molecule has 0 aromatic heterocycles. The molecule has 1 saturated carbocycles. The second kappa shape index (κ2) is 6.64. The molecule has 148 valence electrons. The number of aliphatic imine (C=N–C) groups is 1. The molecule has 0 radical (unpaired) electrons. The number of ether oxygens (including phenoxy) is 1. The molecule has 2 atom stereocenters. The van der Waals surface area contributed by atoms with Crippen LogP contribution in [-0.4, -0.2) is 24.5 Å². The first kappa shape index (κ1) is 19.0. The second-order valence-electron chi connectivity index (χ2n) is 8.10. The lowest BCUT2D eigenvalue weighted by Crippen LogP contribution is -2.56. The van der Waals surface area contributed by atoms with Gasteiger partial charge in [0, 0.05) is 16.5 Å². The Labute approximate surface area is 163 Å². The summed E-state index contributed by atoms with van der Waals surface area (Å²) < 4.78 is 46.3. The van der Waals surface area contributed by atoms with Crippen LogP contribution in [0.2, 0.25) is 0 Å². The molecule has 1 fully saturated rings. The number of hydrogen-bond donors (Lipinski definition) is 0. The zero-order valence-electron chi connectivity index (χ0n) is 16.1. The highest BCUT2D eigenvalue weighted by Gasteiger charge is 2.58. The molecule has 0 spiro atoms. The number of halogens is 3. The lowest BCUT2D eigenvalue weighted by molar-refractivity contribution is -0.156. The standard InChI is InChI=1S/C23H24F3NO/c1-21-13-5-6-14-22(21,15-23(24,25)26)27-20(18-7-3-4-8-19(18)21)16-9-11-17(28-2)12-10-16/h3-4,7-12H,5-6,13-15H2,1-2H3/t21-,22+/m0/s1. The van der Waals surface area contributed by atoms with Crippen molar-refractivity contribution >= 4 is 5.71 Å². The summed E-state index contributed by atoms with van der Waals surface area (Å²) in [5, 5.41) is 0. The molecule has 0 unspecified atom stereocenters. The molecule has 1 aliphatic carbocycles. The summed E-state index contributed by atoms with van der Waals surface area (Å²) in [7, 11) is 1.59. The SMILES string of the molecule is COc1ccc(C2=N[C@@]3(CC(F)(F)F)CCCC[C@@]3(C)c3ccccc32)cc1. The van der Waals surface area contributed by atoms with E-state index >= 15 is 0 Å². The van der Waals surface area contributed by atoms with Crippen molar-refractivity contribution in [3.63, 3.8) is 0 Å². The third-order valence-corrected chi connectivity index (χ3v) is 6.50. The van der Waals surface area contributed by atoms with Crippen LogP contribution in [0.25, 0.3) is 0 Å². The molecular weight excluding hydrogens is 363 g/mol. The fourth-order valence-corrected chi connectivity index (χ4v) is 5.04. The maximum absolute atomic E-state index is 13.7. The van der Waals surface area contributed by atoms with Gasteiger partial charge in [-0.1, -0.05) is 44.0 Å². The van der Waals surface area contributed by atoms with Gasteiger partial charge in [-0.25, -0.2) is 0 Å². The minimum absolute atomic E-state index is 0.455. The number of methoxy groups -OCH3 is 1. The van der Waals surface area contributed by atoms with Crippen molar-refractivity contribution in [2.75, 3.05) is 7.11 Å². The molecule has 28 heavy (non-hydrogen) atoms. The number of nitrogens with zero attached hydrogens (tertiary/aromatic N) is 1. The molecule has 2 aliphatic rings. The lowest BCUT2D eigenvalue weighted by Gasteiger charge is -2.53. The number of benzene rings is 2. The second-order valence-corrected chi connectivity index (χ2v) is 8.10. The largest absolute Gasteiger partial charge is 0.497 e. The molecule has 0 amide bonds. The summed E-state index contributed by atoms with van der Waals surface area (Å²) in [4.78, 5) is 4.92. The lowest BCUT2D eigenvalue weighted by atomic mass is 9.55. The van der Waals surface area contributed by atoms with Gasteiger partial charge in [0.05, 0.1) is 24.8 Å². The van der Waals surface area contributed by atoms with Gasteiger partial charge in [0.2, 0.25) is 0 Å². The minimum Gasteiger partial charge on any atom is -0.497 e. The number of rotatable bonds is 3. The first-order chi connectivity index (χ1) is 13.3. The van der Waals surface area contributed by atoms with Gasteiger partial charge in [0.15, 0.2) is 0 Å². The molecule has 4 rings (SSSR count). The van der Waals surface area contributed by atoms with Crippen molar-refractivity contribution < 1.29 is 17.9 Å². The maximum atomic E-state index is 13.7. The normalized spacial score (nSPS) is 26.8. The van der Waals surface area contributed by atoms with Crippen LogP contribution in [0.1, 0.15) is 55.7 Å². The van der Waals surface area contributed by atoms with Crippen LogP contribution < -0.4 is 4.74 Å². The monoisotopic (exact) mass is 387 g/mol. The first-order valence-corrected chi connectivity index (χ1v) is 9.69. The zero-order chi connectivity index (χ0) is 20.0. The van der Waals surface area contributed by atoms with Crippen LogP contribution in [0.5, 0.6) is 5.75 Å². The van der Waals surface area contributed by atoms with Gasteiger partial charge in [0.1, 0.15) is 5.75 Å². The third-order valence-electron chi connectivity index (χ3n) is 6.50. The highest BCUT2D eigenvalue weighted by molar-refractivity contribution is 6.15. The Morgan fingerprint density at radius 1 is 1.00 bits per heavy atom. The molecule has 0 saturated heterocycles. The highest BCUT2D eigenvalue weighted by Crippen LogP contribution is 2.56. The van der Waals surface area contributed by atoms with Gasteiger partial charge in [-0.2, -0.15) is 13.2 Å². The molecule has 0 bridgehead atoms. The van der Waals surface area contributed by atoms with Crippen molar-refractivity contribution in [1.29, 1.82) is 0 Å². The van der Waals surface area contributed by atoms with Crippen molar-refractivity contribution in [2.24, 2.45) is 4.99 Å². The van der Waals surface area contributed by atoms with Gasteiger partial charge in [0.25, 0.3) is 0 Å². The van der Waals surface area contributed by atoms with E-state index in [0.29, 0.717) is 17.9 Å². The molecule has 5 heteroatoms. The quantitative estimate of drug-likeness (QED) is 0.626. The zero-order valence-corrected chi connectivity index (χ0v) is 16.1. The molecule has 1 aliphatic heterocycles. The van der Waals surface area contributed by atoms with Crippen LogP contribution in [-0.2, 0) is 5.41 Å². The highest BCUT2D eigenvalue weighted by atomic mass is 19.4. The van der Waals surface area contributed by atoms with Crippen molar-refractivity contribution in [1.82, 2.24) is 0 Å². The summed E-state index contributed by atoms with van der Waals surface area (Å²) in [5.41, 5.74) is 1.62. The Bertz CT molecular complexity index is 903. The molecule has 2 aromatic rings. The Balaban J connectivity index is 1.94. The van der Waals surface area contributed by atoms with Crippen LogP contribution in [0.15, 0.2) is 53.5 Å². The van der Waals surface area contributed by atoms with Crippen LogP contribution in [0.4, 0.5) is 13.2 Å². The number of fused-ring (bicyclic) bond motifs is 3. The fraction of sp³-hybridized carbons (Fsp3) is 0.435. The molecule has 1 heterocycles. The van der Waals surface area contributed by atoms with Crippen molar-refractivity contribution in [3.8, 4) is 5.75 Å². The van der Waals surface area contributed by atoms with Gasteiger partial charge in [-0.05, 0) is 42.7 Å². The number of hydrogen-bond acceptors (Lipinski definition) is 2. The van der Waals surface area contributed by atoms with E-state index in [1.165, 1.54) is 0 Å².